The lowest BCUT2D eigenvalue weighted by molar-refractivity contribution is 0.0698. The number of aromatic carboxylic acids is 1. The monoisotopic (exact) mass is 369 g/mol. The molecule has 0 bridgehead atoms. The minimum Gasteiger partial charge on any atom is -0.478 e. The summed E-state index contributed by atoms with van der Waals surface area (Å²) in [5.41, 5.74) is 0.232. The van der Waals surface area contributed by atoms with Crippen LogP contribution in [0.2, 0.25) is 0 Å². The fourth-order valence-corrected chi connectivity index (χ4v) is 2.80. The number of hydrogen-bond donors (Lipinski definition) is 3. The fourth-order valence-electron chi connectivity index (χ4n) is 1.69. The summed E-state index contributed by atoms with van der Waals surface area (Å²) in [4.78, 5) is 27.3. The van der Waals surface area contributed by atoms with Crippen LogP contribution in [0.25, 0.3) is 0 Å². The lowest BCUT2D eigenvalue weighted by Crippen LogP contribution is -2.31. The number of anilines is 1. The van der Waals surface area contributed by atoms with E-state index in [-0.39, 0.29) is 17.3 Å². The van der Waals surface area contributed by atoms with E-state index in [1.54, 1.807) is 25.3 Å². The van der Waals surface area contributed by atoms with E-state index in [0.29, 0.717) is 4.47 Å². The minimum atomic E-state index is -1.11. The van der Waals surface area contributed by atoms with Gasteiger partial charge in [0.05, 0.1) is 17.3 Å². The Morgan fingerprint density at radius 3 is 2.81 bits per heavy atom. The van der Waals surface area contributed by atoms with Gasteiger partial charge in [-0.25, -0.2) is 14.6 Å². The number of para-hydroxylation sites is 1. The molecule has 0 fully saturated rings. The molecule has 3 N–H and O–H groups in total. The highest BCUT2D eigenvalue weighted by atomic mass is 79.9. The Balaban J connectivity index is 2.11. The van der Waals surface area contributed by atoms with E-state index in [4.69, 9.17) is 5.11 Å². The second-order valence-electron chi connectivity index (χ2n) is 4.16. The molecular weight excluding hydrogens is 358 g/mol. The molecule has 110 valence electrons. The van der Waals surface area contributed by atoms with Crippen LogP contribution in [0.15, 0.2) is 34.2 Å². The number of nitrogens with one attached hydrogen (secondary N) is 2. The van der Waals surface area contributed by atoms with E-state index in [9.17, 15) is 9.59 Å². The Hall–Kier alpha value is -1.93. The van der Waals surface area contributed by atoms with Crippen LogP contribution in [0, 0.1) is 0 Å². The third-order valence-electron chi connectivity index (χ3n) is 2.65. The second kappa shape index (κ2) is 6.68. The quantitative estimate of drug-likeness (QED) is 0.768. The van der Waals surface area contributed by atoms with Gasteiger partial charge in [-0.15, -0.1) is 11.3 Å². The van der Waals surface area contributed by atoms with Crippen molar-refractivity contribution in [3.05, 3.63) is 44.8 Å². The Morgan fingerprint density at radius 2 is 2.19 bits per heavy atom. The molecule has 1 aromatic heterocycles. The number of carbonyl (C=O) groups is 2. The summed E-state index contributed by atoms with van der Waals surface area (Å²) in [5.74, 6) is -1.11. The molecule has 21 heavy (non-hydrogen) atoms. The van der Waals surface area contributed by atoms with Crippen molar-refractivity contribution < 1.29 is 14.7 Å². The summed E-state index contributed by atoms with van der Waals surface area (Å²) in [6.07, 6.45) is 1.66. The third-order valence-corrected chi connectivity index (χ3v) is 4.27. The number of amides is 2. The number of carboxylic acid groups (broad SMARTS) is 1. The minimum absolute atomic E-state index is 0.0152. The summed E-state index contributed by atoms with van der Waals surface area (Å²) >= 11 is 4.67. The molecular formula is C13H12BrN3O3S. The van der Waals surface area contributed by atoms with Gasteiger partial charge in [-0.3, -0.25) is 0 Å². The molecule has 0 aliphatic rings. The predicted octanol–water partition coefficient (Wildman–Crippen LogP) is 3.49. The van der Waals surface area contributed by atoms with Crippen LogP contribution < -0.4 is 10.6 Å². The maximum absolute atomic E-state index is 12.0. The zero-order chi connectivity index (χ0) is 15.4. The summed E-state index contributed by atoms with van der Waals surface area (Å²) in [6, 6.07) is 3.92. The highest BCUT2D eigenvalue weighted by Gasteiger charge is 2.17. The molecule has 1 atom stereocenters. The van der Waals surface area contributed by atoms with E-state index in [1.807, 2.05) is 5.38 Å². The average Bonchev–Trinajstić information content (AvgIpc) is 2.94. The summed E-state index contributed by atoms with van der Waals surface area (Å²) in [6.45, 7) is 1.80. The molecule has 2 rings (SSSR count). The van der Waals surface area contributed by atoms with Gasteiger partial charge in [-0.2, -0.15) is 0 Å². The van der Waals surface area contributed by atoms with Crippen LogP contribution in [-0.4, -0.2) is 22.1 Å². The summed E-state index contributed by atoms with van der Waals surface area (Å²) in [7, 11) is 0. The van der Waals surface area contributed by atoms with Crippen molar-refractivity contribution in [2.75, 3.05) is 5.32 Å². The van der Waals surface area contributed by atoms with Gasteiger partial charge >= 0.3 is 12.0 Å². The number of carbonyl (C=O) groups excluding carboxylic acids is 1. The van der Waals surface area contributed by atoms with Crippen molar-refractivity contribution in [2.24, 2.45) is 0 Å². The third kappa shape index (κ3) is 3.79. The highest BCUT2D eigenvalue weighted by Crippen LogP contribution is 2.26. The number of rotatable bonds is 4. The Morgan fingerprint density at radius 1 is 1.43 bits per heavy atom. The SMILES string of the molecule is CC(NC(=O)Nc1c(Br)cccc1C(=O)O)c1nccs1. The number of nitrogens with zero attached hydrogens (tertiary/aromatic N) is 1. The van der Waals surface area contributed by atoms with Gasteiger partial charge in [-0.1, -0.05) is 6.07 Å². The van der Waals surface area contributed by atoms with Gasteiger partial charge in [0.25, 0.3) is 0 Å². The van der Waals surface area contributed by atoms with Gasteiger partial charge in [0.2, 0.25) is 0 Å². The van der Waals surface area contributed by atoms with Gasteiger partial charge in [0.1, 0.15) is 5.01 Å². The van der Waals surface area contributed by atoms with Crippen LogP contribution in [0.3, 0.4) is 0 Å². The maximum Gasteiger partial charge on any atom is 0.337 e. The van der Waals surface area contributed by atoms with Gasteiger partial charge in [0, 0.05) is 16.0 Å². The van der Waals surface area contributed by atoms with Crippen LogP contribution >= 0.6 is 27.3 Å². The van der Waals surface area contributed by atoms with Crippen molar-refractivity contribution in [2.45, 2.75) is 13.0 Å². The number of thiazole rings is 1. The van der Waals surface area contributed by atoms with Gasteiger partial charge in [-0.05, 0) is 35.0 Å². The standard InChI is InChI=1S/C13H12BrN3O3S/c1-7(11-15-5-6-21-11)16-13(20)17-10-8(12(18)19)3-2-4-9(10)14/h2-7H,1H3,(H,18,19)(H2,16,17,20). The van der Waals surface area contributed by atoms with Gasteiger partial charge in [0.15, 0.2) is 0 Å². The normalized spacial score (nSPS) is 11.7. The molecule has 0 aliphatic carbocycles. The smallest absolute Gasteiger partial charge is 0.337 e. The van der Waals surface area contributed by atoms with Crippen LogP contribution in [-0.2, 0) is 0 Å². The first-order chi connectivity index (χ1) is 9.99. The van der Waals surface area contributed by atoms with Crippen molar-refractivity contribution in [3.63, 3.8) is 0 Å². The lowest BCUT2D eigenvalue weighted by Gasteiger charge is -2.14. The first kappa shape index (κ1) is 15.5. The topological polar surface area (TPSA) is 91.3 Å². The first-order valence-electron chi connectivity index (χ1n) is 5.97. The number of aromatic nitrogens is 1. The van der Waals surface area contributed by atoms with Crippen molar-refractivity contribution >= 4 is 45.0 Å². The number of benzene rings is 1. The highest BCUT2D eigenvalue weighted by molar-refractivity contribution is 9.10. The summed E-state index contributed by atoms with van der Waals surface area (Å²) in [5, 5.41) is 17.0. The fraction of sp³-hybridized carbons (Fsp3) is 0.154. The molecule has 0 saturated carbocycles. The molecule has 2 aromatic rings. The molecule has 6 nitrogen and oxygen atoms in total. The van der Waals surface area contributed by atoms with E-state index in [0.717, 1.165) is 5.01 Å². The zero-order valence-electron chi connectivity index (χ0n) is 11.0. The van der Waals surface area contributed by atoms with Crippen LogP contribution in [0.4, 0.5) is 10.5 Å². The Bertz CT molecular complexity index is 661. The van der Waals surface area contributed by atoms with E-state index in [1.165, 1.54) is 17.4 Å². The average molecular weight is 370 g/mol. The molecule has 0 saturated heterocycles. The van der Waals surface area contributed by atoms with E-state index < -0.39 is 12.0 Å². The second-order valence-corrected chi connectivity index (χ2v) is 5.94. The molecule has 1 unspecified atom stereocenters. The largest absolute Gasteiger partial charge is 0.478 e. The van der Waals surface area contributed by atoms with Crippen LogP contribution in [0.1, 0.15) is 28.3 Å². The van der Waals surface area contributed by atoms with E-state index in [2.05, 4.69) is 31.5 Å². The lowest BCUT2D eigenvalue weighted by atomic mass is 10.2. The first-order valence-corrected chi connectivity index (χ1v) is 7.65. The van der Waals surface area contributed by atoms with Crippen molar-refractivity contribution in [1.29, 1.82) is 0 Å². The molecule has 1 aromatic carbocycles. The Kier molecular flexibility index (Phi) is 4.92. The van der Waals surface area contributed by atoms with Crippen LogP contribution in [0.5, 0.6) is 0 Å². The molecule has 8 heteroatoms. The Labute approximate surface area is 133 Å². The molecule has 1 heterocycles. The molecule has 0 aliphatic heterocycles. The number of urea groups is 1. The van der Waals surface area contributed by atoms with Crippen molar-refractivity contribution in [3.8, 4) is 0 Å². The predicted molar refractivity (Wildman–Crippen MR) is 83.8 cm³/mol. The number of halogens is 1. The van der Waals surface area contributed by atoms with Gasteiger partial charge < -0.3 is 15.7 Å². The molecule has 0 radical (unpaired) electrons. The molecule has 2 amide bonds. The zero-order valence-corrected chi connectivity index (χ0v) is 13.4. The number of hydrogen-bond acceptors (Lipinski definition) is 4. The maximum atomic E-state index is 12.0. The molecule has 0 spiro atoms. The van der Waals surface area contributed by atoms with E-state index >= 15 is 0 Å². The number of carboxylic acids is 1. The summed E-state index contributed by atoms with van der Waals surface area (Å²) < 4.78 is 0.499. The van der Waals surface area contributed by atoms with Crippen molar-refractivity contribution in [1.82, 2.24) is 10.3 Å².